The second-order valence-electron chi connectivity index (χ2n) is 5.24. The van der Waals surface area contributed by atoms with E-state index in [-0.39, 0.29) is 23.9 Å². The fourth-order valence-electron chi connectivity index (χ4n) is 2.26. The minimum Gasteiger partial charge on any atom is -0.396 e. The van der Waals surface area contributed by atoms with E-state index in [0.717, 1.165) is 30.3 Å². The van der Waals surface area contributed by atoms with Crippen LogP contribution >= 0.6 is 15.9 Å². The molecular formula is C14H19BrFNO. The molecule has 1 aromatic rings. The Bertz CT molecular complexity index is 420. The first-order valence-corrected chi connectivity index (χ1v) is 7.15. The molecule has 1 aromatic carbocycles. The molecule has 1 fully saturated rings. The van der Waals surface area contributed by atoms with Crippen LogP contribution in [-0.2, 0) is 0 Å². The molecule has 4 heteroatoms. The summed E-state index contributed by atoms with van der Waals surface area (Å²) in [6.45, 7) is 3.06. The Morgan fingerprint density at radius 3 is 2.78 bits per heavy atom. The Morgan fingerprint density at radius 1 is 1.50 bits per heavy atom. The molecule has 0 radical (unpaired) electrons. The van der Waals surface area contributed by atoms with Gasteiger partial charge in [-0.15, -0.1) is 0 Å². The van der Waals surface area contributed by atoms with Crippen molar-refractivity contribution in [1.29, 1.82) is 0 Å². The lowest BCUT2D eigenvalue weighted by molar-refractivity contribution is 0.242. The number of benzene rings is 1. The quantitative estimate of drug-likeness (QED) is 0.843. The van der Waals surface area contributed by atoms with E-state index in [1.165, 1.54) is 6.07 Å². The zero-order chi connectivity index (χ0) is 13.2. The molecular weight excluding hydrogens is 297 g/mol. The van der Waals surface area contributed by atoms with Crippen LogP contribution in [0.4, 0.5) is 4.39 Å². The van der Waals surface area contributed by atoms with Crippen molar-refractivity contribution < 1.29 is 9.50 Å². The van der Waals surface area contributed by atoms with Crippen molar-refractivity contribution in [2.45, 2.75) is 32.2 Å². The molecule has 0 bridgehead atoms. The van der Waals surface area contributed by atoms with Gasteiger partial charge < -0.3 is 10.4 Å². The van der Waals surface area contributed by atoms with Crippen LogP contribution in [0.15, 0.2) is 22.7 Å². The van der Waals surface area contributed by atoms with Crippen LogP contribution in [0.3, 0.4) is 0 Å². The summed E-state index contributed by atoms with van der Waals surface area (Å²) >= 11 is 3.26. The minimum absolute atomic E-state index is 0.00531. The van der Waals surface area contributed by atoms with Crippen molar-refractivity contribution in [2.24, 2.45) is 5.41 Å². The highest BCUT2D eigenvalue weighted by atomic mass is 79.9. The molecule has 1 saturated carbocycles. The van der Waals surface area contributed by atoms with Crippen molar-refractivity contribution >= 4 is 15.9 Å². The highest BCUT2D eigenvalue weighted by molar-refractivity contribution is 9.10. The number of aliphatic hydroxyl groups excluding tert-OH is 1. The van der Waals surface area contributed by atoms with Crippen LogP contribution in [0.2, 0.25) is 0 Å². The molecule has 1 aliphatic rings. The summed E-state index contributed by atoms with van der Waals surface area (Å²) in [5, 5.41) is 12.4. The predicted molar refractivity (Wildman–Crippen MR) is 73.9 cm³/mol. The van der Waals surface area contributed by atoms with Crippen molar-refractivity contribution in [3.63, 3.8) is 0 Å². The zero-order valence-corrected chi connectivity index (χ0v) is 12.1. The van der Waals surface area contributed by atoms with Gasteiger partial charge in [0.2, 0.25) is 0 Å². The molecule has 1 atom stereocenters. The number of hydrogen-bond donors (Lipinski definition) is 2. The third kappa shape index (κ3) is 3.31. The summed E-state index contributed by atoms with van der Waals surface area (Å²) in [5.74, 6) is -0.184. The van der Waals surface area contributed by atoms with Gasteiger partial charge in [0.25, 0.3) is 0 Å². The largest absolute Gasteiger partial charge is 0.396 e. The lowest BCUT2D eigenvalue weighted by Gasteiger charge is -2.20. The minimum atomic E-state index is -0.184. The first-order valence-electron chi connectivity index (χ1n) is 6.35. The lowest BCUT2D eigenvalue weighted by atomic mass is 10.0. The van der Waals surface area contributed by atoms with Gasteiger partial charge in [0, 0.05) is 29.2 Å². The van der Waals surface area contributed by atoms with Crippen LogP contribution < -0.4 is 5.32 Å². The maximum absolute atomic E-state index is 13.8. The van der Waals surface area contributed by atoms with E-state index < -0.39 is 0 Å². The van der Waals surface area contributed by atoms with Crippen molar-refractivity contribution in [2.75, 3.05) is 13.2 Å². The average Bonchev–Trinajstić information content (AvgIpc) is 3.07. The molecule has 0 spiro atoms. The summed E-state index contributed by atoms with van der Waals surface area (Å²) in [5.41, 5.74) is 0.951. The molecule has 2 N–H and O–H groups in total. The van der Waals surface area contributed by atoms with Crippen molar-refractivity contribution in [3.8, 4) is 0 Å². The van der Waals surface area contributed by atoms with Gasteiger partial charge in [-0.3, -0.25) is 0 Å². The Labute approximate surface area is 116 Å². The molecule has 0 aliphatic heterocycles. The summed E-state index contributed by atoms with van der Waals surface area (Å²) in [6, 6.07) is 5.16. The molecule has 2 rings (SSSR count). The smallest absolute Gasteiger partial charge is 0.129 e. The Morgan fingerprint density at radius 2 is 2.22 bits per heavy atom. The molecule has 100 valence electrons. The molecule has 1 unspecified atom stereocenters. The summed E-state index contributed by atoms with van der Waals surface area (Å²) in [7, 11) is 0. The van der Waals surface area contributed by atoms with Crippen LogP contribution in [0.1, 0.15) is 37.8 Å². The summed E-state index contributed by atoms with van der Waals surface area (Å²) in [6.07, 6.45) is 3.17. The third-order valence-corrected chi connectivity index (χ3v) is 4.30. The zero-order valence-electron chi connectivity index (χ0n) is 10.5. The second kappa shape index (κ2) is 5.68. The van der Waals surface area contributed by atoms with Gasteiger partial charge in [-0.05, 0) is 43.7 Å². The highest BCUT2D eigenvalue weighted by Crippen LogP contribution is 2.48. The van der Waals surface area contributed by atoms with Crippen LogP contribution in [0.25, 0.3) is 0 Å². The first kappa shape index (κ1) is 14.0. The van der Waals surface area contributed by atoms with Crippen molar-refractivity contribution in [3.05, 3.63) is 34.1 Å². The third-order valence-electron chi connectivity index (χ3n) is 3.81. The van der Waals surface area contributed by atoms with Crippen LogP contribution in [0.5, 0.6) is 0 Å². The van der Waals surface area contributed by atoms with Crippen LogP contribution in [0, 0.1) is 11.2 Å². The Hall–Kier alpha value is -0.450. The SMILES string of the molecule is CC(NCC1(CCO)CC1)c1ccc(Br)cc1F. The van der Waals surface area contributed by atoms with Gasteiger partial charge in [0.15, 0.2) is 0 Å². The van der Waals surface area contributed by atoms with Gasteiger partial charge in [-0.2, -0.15) is 0 Å². The van der Waals surface area contributed by atoms with E-state index in [2.05, 4.69) is 21.2 Å². The Kier molecular flexibility index (Phi) is 4.41. The van der Waals surface area contributed by atoms with Gasteiger partial charge >= 0.3 is 0 Å². The fourth-order valence-corrected chi connectivity index (χ4v) is 2.59. The maximum atomic E-state index is 13.8. The highest BCUT2D eigenvalue weighted by Gasteiger charge is 2.41. The normalized spacial score (nSPS) is 18.7. The van der Waals surface area contributed by atoms with E-state index in [1.807, 2.05) is 19.1 Å². The van der Waals surface area contributed by atoms with E-state index in [9.17, 15) is 4.39 Å². The van der Waals surface area contributed by atoms with Gasteiger partial charge in [0.05, 0.1) is 0 Å². The number of nitrogens with one attached hydrogen (secondary N) is 1. The molecule has 2 nitrogen and oxygen atoms in total. The van der Waals surface area contributed by atoms with E-state index in [4.69, 9.17) is 5.11 Å². The van der Waals surface area contributed by atoms with Gasteiger partial charge in [-0.25, -0.2) is 4.39 Å². The molecule has 0 heterocycles. The van der Waals surface area contributed by atoms with E-state index in [0.29, 0.717) is 5.56 Å². The van der Waals surface area contributed by atoms with Gasteiger partial charge in [-0.1, -0.05) is 22.0 Å². The first-order chi connectivity index (χ1) is 8.56. The molecule has 0 saturated heterocycles. The molecule has 1 aliphatic carbocycles. The van der Waals surface area contributed by atoms with E-state index in [1.54, 1.807) is 0 Å². The monoisotopic (exact) mass is 315 g/mol. The topological polar surface area (TPSA) is 32.3 Å². The average molecular weight is 316 g/mol. The number of halogens is 2. The number of rotatable bonds is 6. The van der Waals surface area contributed by atoms with E-state index >= 15 is 0 Å². The number of hydrogen-bond acceptors (Lipinski definition) is 2. The maximum Gasteiger partial charge on any atom is 0.129 e. The molecule has 18 heavy (non-hydrogen) atoms. The second-order valence-corrected chi connectivity index (χ2v) is 6.16. The number of aliphatic hydroxyl groups is 1. The summed E-state index contributed by atoms with van der Waals surface area (Å²) < 4.78 is 14.5. The van der Waals surface area contributed by atoms with Gasteiger partial charge in [0.1, 0.15) is 5.82 Å². The predicted octanol–water partition coefficient (Wildman–Crippen LogP) is 3.40. The van der Waals surface area contributed by atoms with Crippen molar-refractivity contribution in [1.82, 2.24) is 5.32 Å². The lowest BCUT2D eigenvalue weighted by Crippen LogP contribution is -2.28. The standard InChI is InChI=1S/C14H19BrFNO/c1-10(12-3-2-11(15)8-13(12)16)17-9-14(4-5-14)6-7-18/h2-3,8,10,17-18H,4-7,9H2,1H3. The Balaban J connectivity index is 1.93. The fraction of sp³-hybridized carbons (Fsp3) is 0.571. The summed E-state index contributed by atoms with van der Waals surface area (Å²) in [4.78, 5) is 0. The molecule has 0 aromatic heterocycles. The van der Waals surface area contributed by atoms with Crippen LogP contribution in [-0.4, -0.2) is 18.3 Å². The molecule has 0 amide bonds.